The number of carbonyl (C=O) groups is 2. The van der Waals surface area contributed by atoms with Gasteiger partial charge in [0.05, 0.1) is 13.2 Å². The third-order valence-corrected chi connectivity index (χ3v) is 3.61. The molecule has 1 fully saturated rings. The molecule has 23 heavy (non-hydrogen) atoms. The van der Waals surface area contributed by atoms with E-state index in [9.17, 15) is 14.7 Å². The van der Waals surface area contributed by atoms with Crippen LogP contribution in [0.15, 0.2) is 18.2 Å². The highest BCUT2D eigenvalue weighted by Crippen LogP contribution is 2.33. The Kier molecular flexibility index (Phi) is 5.84. The molecule has 6 heteroatoms. The molecular weight excluding hydrogens is 298 g/mol. The van der Waals surface area contributed by atoms with Crippen LogP contribution in [-0.4, -0.2) is 36.2 Å². The van der Waals surface area contributed by atoms with Crippen molar-refractivity contribution in [2.75, 3.05) is 13.2 Å². The quantitative estimate of drug-likeness (QED) is 0.730. The summed E-state index contributed by atoms with van der Waals surface area (Å²) in [4.78, 5) is 23.5. The minimum atomic E-state index is -0.992. The molecule has 0 bridgehead atoms. The zero-order valence-electron chi connectivity index (χ0n) is 13.5. The monoisotopic (exact) mass is 321 g/mol. The van der Waals surface area contributed by atoms with Gasteiger partial charge in [0, 0.05) is 5.56 Å². The predicted octanol–water partition coefficient (Wildman–Crippen LogP) is 2.47. The minimum Gasteiger partial charge on any atom is -0.490 e. The van der Waals surface area contributed by atoms with Crippen molar-refractivity contribution in [1.82, 2.24) is 5.32 Å². The lowest BCUT2D eigenvalue weighted by Gasteiger charge is -2.15. The number of benzene rings is 1. The van der Waals surface area contributed by atoms with E-state index in [1.807, 2.05) is 13.8 Å². The lowest BCUT2D eigenvalue weighted by Crippen LogP contribution is -2.42. The van der Waals surface area contributed by atoms with Crippen molar-refractivity contribution >= 4 is 11.9 Å². The third kappa shape index (κ3) is 4.61. The van der Waals surface area contributed by atoms with Gasteiger partial charge in [-0.2, -0.15) is 0 Å². The molecule has 1 aromatic rings. The number of amides is 1. The molecular formula is C17H23NO5. The molecule has 0 radical (unpaired) electrons. The standard InChI is InChI=1S/C17H23NO5/c1-3-9-23-13-8-7-12(10-14(13)22-4-2)16(19)18-15(17(20)21)11-5-6-11/h7-8,10-11,15H,3-6,9H2,1-2H3,(H,18,19)(H,20,21). The van der Waals surface area contributed by atoms with E-state index in [0.717, 1.165) is 19.3 Å². The van der Waals surface area contributed by atoms with Gasteiger partial charge in [0.2, 0.25) is 0 Å². The fraction of sp³-hybridized carbons (Fsp3) is 0.529. The first kappa shape index (κ1) is 17.1. The van der Waals surface area contributed by atoms with Crippen molar-refractivity contribution in [3.8, 4) is 11.5 Å². The van der Waals surface area contributed by atoms with E-state index < -0.39 is 17.9 Å². The smallest absolute Gasteiger partial charge is 0.326 e. The number of carboxylic acids is 1. The first-order valence-electron chi connectivity index (χ1n) is 8.00. The number of hydrogen-bond donors (Lipinski definition) is 2. The molecule has 1 amide bonds. The third-order valence-electron chi connectivity index (χ3n) is 3.61. The maximum atomic E-state index is 12.3. The van der Waals surface area contributed by atoms with Gasteiger partial charge in [0.15, 0.2) is 11.5 Å². The first-order valence-corrected chi connectivity index (χ1v) is 8.00. The number of carbonyl (C=O) groups excluding carboxylic acids is 1. The van der Waals surface area contributed by atoms with Gasteiger partial charge in [0.1, 0.15) is 6.04 Å². The number of ether oxygens (including phenoxy) is 2. The summed E-state index contributed by atoms with van der Waals surface area (Å²) in [7, 11) is 0. The Balaban J connectivity index is 2.12. The summed E-state index contributed by atoms with van der Waals surface area (Å²) in [5.74, 6) is -0.287. The molecule has 1 atom stereocenters. The van der Waals surface area contributed by atoms with E-state index in [1.54, 1.807) is 18.2 Å². The lowest BCUT2D eigenvalue weighted by atomic mass is 10.1. The van der Waals surface area contributed by atoms with E-state index in [4.69, 9.17) is 9.47 Å². The molecule has 1 aromatic carbocycles. The second-order valence-corrected chi connectivity index (χ2v) is 5.57. The SMILES string of the molecule is CCCOc1ccc(C(=O)NC(C(=O)O)C2CC2)cc1OCC. The van der Waals surface area contributed by atoms with E-state index >= 15 is 0 Å². The van der Waals surface area contributed by atoms with Gasteiger partial charge in [-0.1, -0.05) is 6.92 Å². The molecule has 1 unspecified atom stereocenters. The van der Waals surface area contributed by atoms with E-state index in [1.165, 1.54) is 0 Å². The Morgan fingerprint density at radius 2 is 2.00 bits per heavy atom. The average Bonchev–Trinajstić information content (AvgIpc) is 3.35. The summed E-state index contributed by atoms with van der Waals surface area (Å²) in [6.07, 6.45) is 2.55. The van der Waals surface area contributed by atoms with Crippen molar-refractivity contribution < 1.29 is 24.2 Å². The Labute approximate surface area is 135 Å². The number of rotatable bonds is 9. The minimum absolute atomic E-state index is 0.0370. The molecule has 1 aliphatic rings. The maximum Gasteiger partial charge on any atom is 0.326 e. The highest BCUT2D eigenvalue weighted by Gasteiger charge is 2.37. The van der Waals surface area contributed by atoms with Gasteiger partial charge in [-0.3, -0.25) is 4.79 Å². The second kappa shape index (κ2) is 7.85. The van der Waals surface area contributed by atoms with Crippen LogP contribution in [-0.2, 0) is 4.79 Å². The number of hydrogen-bond acceptors (Lipinski definition) is 4. The highest BCUT2D eigenvalue weighted by atomic mass is 16.5. The normalized spacial score (nSPS) is 14.9. The molecule has 2 N–H and O–H groups in total. The van der Waals surface area contributed by atoms with Crippen LogP contribution in [0.3, 0.4) is 0 Å². The van der Waals surface area contributed by atoms with Crippen LogP contribution in [0.4, 0.5) is 0 Å². The van der Waals surface area contributed by atoms with Crippen molar-refractivity contribution in [3.63, 3.8) is 0 Å². The largest absolute Gasteiger partial charge is 0.490 e. The number of aliphatic carboxylic acids is 1. The summed E-state index contributed by atoms with van der Waals surface area (Å²) in [5.41, 5.74) is 0.365. The van der Waals surface area contributed by atoms with Crippen LogP contribution in [0.5, 0.6) is 11.5 Å². The van der Waals surface area contributed by atoms with Gasteiger partial charge in [-0.25, -0.2) is 4.79 Å². The summed E-state index contributed by atoms with van der Waals surface area (Å²) in [6.45, 7) is 4.87. The summed E-state index contributed by atoms with van der Waals surface area (Å²) < 4.78 is 11.1. The van der Waals surface area contributed by atoms with Crippen LogP contribution < -0.4 is 14.8 Å². The van der Waals surface area contributed by atoms with E-state index in [0.29, 0.717) is 30.3 Å². The second-order valence-electron chi connectivity index (χ2n) is 5.57. The topological polar surface area (TPSA) is 84.9 Å². The van der Waals surface area contributed by atoms with Crippen LogP contribution >= 0.6 is 0 Å². The first-order chi connectivity index (χ1) is 11.1. The lowest BCUT2D eigenvalue weighted by molar-refractivity contribution is -0.139. The molecule has 126 valence electrons. The molecule has 0 aliphatic heterocycles. The van der Waals surface area contributed by atoms with Gasteiger partial charge >= 0.3 is 5.97 Å². The zero-order valence-corrected chi connectivity index (χ0v) is 13.5. The van der Waals surface area contributed by atoms with Crippen molar-refractivity contribution in [2.45, 2.75) is 39.2 Å². The molecule has 0 spiro atoms. The predicted molar refractivity (Wildman–Crippen MR) is 85.0 cm³/mol. The molecule has 1 aliphatic carbocycles. The van der Waals surface area contributed by atoms with Crippen molar-refractivity contribution in [2.24, 2.45) is 5.92 Å². The van der Waals surface area contributed by atoms with E-state index in [2.05, 4.69) is 5.32 Å². The Morgan fingerprint density at radius 3 is 2.57 bits per heavy atom. The van der Waals surface area contributed by atoms with Gasteiger partial charge in [-0.15, -0.1) is 0 Å². The number of carboxylic acid groups (broad SMARTS) is 1. The van der Waals surface area contributed by atoms with Crippen LogP contribution in [0.1, 0.15) is 43.5 Å². The van der Waals surface area contributed by atoms with Gasteiger partial charge in [0.25, 0.3) is 5.91 Å². The summed E-state index contributed by atoms with van der Waals surface area (Å²) in [6, 6.07) is 4.07. The van der Waals surface area contributed by atoms with Crippen molar-refractivity contribution in [1.29, 1.82) is 0 Å². The molecule has 0 heterocycles. The molecule has 0 aromatic heterocycles. The van der Waals surface area contributed by atoms with Gasteiger partial charge < -0.3 is 19.9 Å². The molecule has 6 nitrogen and oxygen atoms in total. The highest BCUT2D eigenvalue weighted by molar-refractivity contribution is 5.97. The molecule has 0 saturated heterocycles. The molecule has 2 rings (SSSR count). The van der Waals surface area contributed by atoms with Crippen LogP contribution in [0.25, 0.3) is 0 Å². The fourth-order valence-corrected chi connectivity index (χ4v) is 2.28. The Morgan fingerprint density at radius 1 is 1.26 bits per heavy atom. The summed E-state index contributed by atoms with van der Waals surface area (Å²) >= 11 is 0. The maximum absolute atomic E-state index is 12.3. The average molecular weight is 321 g/mol. The zero-order chi connectivity index (χ0) is 16.8. The van der Waals surface area contributed by atoms with E-state index in [-0.39, 0.29) is 5.92 Å². The van der Waals surface area contributed by atoms with Gasteiger partial charge in [-0.05, 0) is 50.3 Å². The summed E-state index contributed by atoms with van der Waals surface area (Å²) in [5, 5.41) is 11.8. The van der Waals surface area contributed by atoms with Crippen molar-refractivity contribution in [3.05, 3.63) is 23.8 Å². The van der Waals surface area contributed by atoms with Crippen LogP contribution in [0.2, 0.25) is 0 Å². The van der Waals surface area contributed by atoms with Crippen LogP contribution in [0, 0.1) is 5.92 Å². The Hall–Kier alpha value is -2.24. The number of nitrogens with one attached hydrogen (secondary N) is 1. The molecule has 1 saturated carbocycles. The fourth-order valence-electron chi connectivity index (χ4n) is 2.28. The Bertz CT molecular complexity index is 568.